The Balaban J connectivity index is 2.49. The molecule has 7 nitrogen and oxygen atoms in total. The number of carbonyl (C=O) groups excluding carboxylic acids is 2. The van der Waals surface area contributed by atoms with Crippen molar-refractivity contribution in [3.05, 3.63) is 35.9 Å². The Morgan fingerprint density at radius 1 is 1.28 bits per heavy atom. The fraction of sp³-hybridized carbons (Fsp3) is 0.529. The lowest BCUT2D eigenvalue weighted by Gasteiger charge is -2.18. The van der Waals surface area contributed by atoms with Gasteiger partial charge in [-0.25, -0.2) is 0 Å². The molecule has 4 N–H and O–H groups in total. The Morgan fingerprint density at radius 3 is 2.64 bits per heavy atom. The summed E-state index contributed by atoms with van der Waals surface area (Å²) in [5.41, 5.74) is 6.74. The monoisotopic (exact) mass is 369 g/mol. The van der Waals surface area contributed by atoms with Crippen LogP contribution in [0.2, 0.25) is 0 Å². The second-order valence-corrected chi connectivity index (χ2v) is 5.86. The molecule has 1 aromatic rings. The summed E-state index contributed by atoms with van der Waals surface area (Å²) < 4.78 is 10.2. The highest BCUT2D eigenvalue weighted by atomic mass is 32.1. The van der Waals surface area contributed by atoms with Gasteiger partial charge in [0.1, 0.15) is 12.6 Å². The van der Waals surface area contributed by atoms with Crippen LogP contribution < -0.4 is 16.4 Å². The molecule has 0 radical (unpaired) electrons. The van der Waals surface area contributed by atoms with E-state index in [4.69, 9.17) is 10.5 Å². The van der Waals surface area contributed by atoms with Crippen molar-refractivity contribution in [3.63, 3.8) is 0 Å². The fourth-order valence-corrected chi connectivity index (χ4v) is 2.16. The summed E-state index contributed by atoms with van der Waals surface area (Å²) in [6.07, 6.45) is -0.267. The molecule has 25 heavy (non-hydrogen) atoms. The number of ether oxygens (including phenoxy) is 2. The molecule has 0 bridgehead atoms. The molecule has 0 saturated carbocycles. The van der Waals surface area contributed by atoms with Gasteiger partial charge in [0.15, 0.2) is 0 Å². The van der Waals surface area contributed by atoms with E-state index >= 15 is 0 Å². The van der Waals surface area contributed by atoms with Crippen molar-refractivity contribution in [1.29, 1.82) is 0 Å². The van der Waals surface area contributed by atoms with Crippen LogP contribution in [0, 0.1) is 0 Å². The van der Waals surface area contributed by atoms with Gasteiger partial charge in [0, 0.05) is 31.3 Å². The first kappa shape index (κ1) is 21.4. The molecule has 1 amide bonds. The van der Waals surface area contributed by atoms with E-state index in [2.05, 4.69) is 28.0 Å². The molecule has 0 spiro atoms. The average Bonchev–Trinajstić information content (AvgIpc) is 2.65. The van der Waals surface area contributed by atoms with Crippen LogP contribution in [0.1, 0.15) is 5.56 Å². The predicted molar refractivity (Wildman–Crippen MR) is 99.6 cm³/mol. The fourth-order valence-electron chi connectivity index (χ4n) is 2.03. The van der Waals surface area contributed by atoms with Crippen LogP contribution in [0.25, 0.3) is 0 Å². The van der Waals surface area contributed by atoms with E-state index in [1.165, 1.54) is 7.11 Å². The molecule has 0 aliphatic heterocycles. The zero-order chi connectivity index (χ0) is 18.5. The maximum absolute atomic E-state index is 12.3. The Labute approximate surface area is 154 Å². The maximum Gasteiger partial charge on any atom is 0.325 e. The molecule has 0 aromatic heterocycles. The minimum Gasteiger partial charge on any atom is -0.468 e. The number of nitrogens with two attached hydrogens (primary N) is 1. The summed E-state index contributed by atoms with van der Waals surface area (Å²) in [7, 11) is 1.27. The number of hydrogen-bond acceptors (Lipinski definition) is 7. The van der Waals surface area contributed by atoms with Crippen LogP contribution in [0.5, 0.6) is 0 Å². The largest absolute Gasteiger partial charge is 0.468 e. The Morgan fingerprint density at radius 2 is 2.00 bits per heavy atom. The van der Waals surface area contributed by atoms with E-state index in [0.717, 1.165) is 5.56 Å². The lowest BCUT2D eigenvalue weighted by atomic mass is 10.1. The van der Waals surface area contributed by atoms with Gasteiger partial charge in [0.25, 0.3) is 0 Å². The predicted octanol–water partition coefficient (Wildman–Crippen LogP) is -0.250. The number of rotatable bonds is 12. The highest BCUT2D eigenvalue weighted by molar-refractivity contribution is 7.80. The van der Waals surface area contributed by atoms with Crippen molar-refractivity contribution < 1.29 is 19.1 Å². The number of methoxy groups -OCH3 is 1. The molecule has 0 aliphatic rings. The molecule has 140 valence electrons. The van der Waals surface area contributed by atoms with Crippen LogP contribution in [0.3, 0.4) is 0 Å². The van der Waals surface area contributed by atoms with E-state index in [-0.39, 0.29) is 18.5 Å². The minimum absolute atomic E-state index is 0.0215. The van der Waals surface area contributed by atoms with E-state index in [9.17, 15) is 9.59 Å². The maximum atomic E-state index is 12.3. The number of thiol groups is 1. The molecular formula is C17H27N3O4S. The van der Waals surface area contributed by atoms with Crippen LogP contribution in [-0.4, -0.2) is 63.1 Å². The van der Waals surface area contributed by atoms with Gasteiger partial charge >= 0.3 is 5.97 Å². The van der Waals surface area contributed by atoms with Crippen LogP contribution in [0.15, 0.2) is 30.3 Å². The summed E-state index contributed by atoms with van der Waals surface area (Å²) in [5, 5.41) is 5.68. The smallest absolute Gasteiger partial charge is 0.325 e. The van der Waals surface area contributed by atoms with E-state index < -0.39 is 12.1 Å². The number of carbonyl (C=O) groups is 2. The Bertz CT molecular complexity index is 516. The van der Waals surface area contributed by atoms with Crippen molar-refractivity contribution in [2.45, 2.75) is 18.6 Å². The van der Waals surface area contributed by atoms with Crippen molar-refractivity contribution >= 4 is 24.5 Å². The number of amides is 1. The first-order valence-electron chi connectivity index (χ1n) is 8.14. The Kier molecular flexibility index (Phi) is 10.9. The first-order valence-corrected chi connectivity index (χ1v) is 8.77. The third-order valence-electron chi connectivity index (χ3n) is 3.43. The van der Waals surface area contributed by atoms with E-state index in [1.807, 2.05) is 30.3 Å². The van der Waals surface area contributed by atoms with Gasteiger partial charge in [0.2, 0.25) is 5.91 Å². The third kappa shape index (κ3) is 9.45. The number of esters is 1. The molecule has 0 heterocycles. The summed E-state index contributed by atoms with van der Waals surface area (Å²) >= 11 is 4.12. The average molecular weight is 369 g/mol. The molecule has 1 aromatic carbocycles. The van der Waals surface area contributed by atoms with Gasteiger partial charge in [-0.1, -0.05) is 30.3 Å². The van der Waals surface area contributed by atoms with E-state index in [0.29, 0.717) is 31.9 Å². The summed E-state index contributed by atoms with van der Waals surface area (Å²) in [5.74, 6) is -0.254. The number of benzene rings is 1. The van der Waals surface area contributed by atoms with Crippen LogP contribution >= 0.6 is 12.6 Å². The van der Waals surface area contributed by atoms with Gasteiger partial charge in [-0.05, 0) is 5.56 Å². The molecule has 2 unspecified atom stereocenters. The van der Waals surface area contributed by atoms with Gasteiger partial charge in [-0.2, -0.15) is 12.6 Å². The molecule has 2 atom stereocenters. The van der Waals surface area contributed by atoms with Crippen LogP contribution in [0.4, 0.5) is 0 Å². The zero-order valence-corrected chi connectivity index (χ0v) is 15.3. The molecular weight excluding hydrogens is 342 g/mol. The lowest BCUT2D eigenvalue weighted by molar-refractivity contribution is -0.143. The number of hydrogen-bond donors (Lipinski definition) is 4. The third-order valence-corrected chi connectivity index (χ3v) is 3.90. The second kappa shape index (κ2) is 12.7. The number of nitrogens with one attached hydrogen (secondary N) is 2. The summed E-state index contributed by atoms with van der Waals surface area (Å²) in [6.45, 7) is 1.36. The molecule has 8 heteroatoms. The quantitative estimate of drug-likeness (QED) is 0.230. The van der Waals surface area contributed by atoms with Gasteiger partial charge in [0.05, 0.1) is 13.7 Å². The lowest BCUT2D eigenvalue weighted by Crippen LogP contribution is -2.42. The normalized spacial score (nSPS) is 13.1. The molecule has 0 saturated heterocycles. The minimum atomic E-state index is -0.688. The Hall–Kier alpha value is -1.61. The summed E-state index contributed by atoms with van der Waals surface area (Å²) in [4.78, 5) is 23.5. The van der Waals surface area contributed by atoms with E-state index in [1.54, 1.807) is 0 Å². The highest BCUT2D eigenvalue weighted by Crippen LogP contribution is 2.06. The first-order chi connectivity index (χ1) is 12.1. The topological polar surface area (TPSA) is 103 Å². The molecule has 1 rings (SSSR count). The molecule has 0 fully saturated rings. The van der Waals surface area contributed by atoms with Crippen molar-refractivity contribution in [1.82, 2.24) is 10.6 Å². The second-order valence-electron chi connectivity index (χ2n) is 5.49. The SMILES string of the molecule is COC(=O)CNC(=O)C(Cc1ccccc1)OCCNCC(N)CS. The van der Waals surface area contributed by atoms with Crippen molar-refractivity contribution in [3.8, 4) is 0 Å². The highest BCUT2D eigenvalue weighted by Gasteiger charge is 2.20. The molecule has 0 aliphatic carbocycles. The van der Waals surface area contributed by atoms with Gasteiger partial charge < -0.3 is 25.8 Å². The van der Waals surface area contributed by atoms with Gasteiger partial charge in [-0.3, -0.25) is 9.59 Å². The van der Waals surface area contributed by atoms with Crippen LogP contribution in [-0.2, 0) is 25.5 Å². The van der Waals surface area contributed by atoms with Crippen molar-refractivity contribution in [2.75, 3.05) is 39.1 Å². The zero-order valence-electron chi connectivity index (χ0n) is 14.4. The van der Waals surface area contributed by atoms with Gasteiger partial charge in [-0.15, -0.1) is 0 Å². The van der Waals surface area contributed by atoms with Crippen molar-refractivity contribution in [2.24, 2.45) is 5.73 Å². The summed E-state index contributed by atoms with van der Waals surface area (Å²) in [6, 6.07) is 9.54. The standard InChI is InChI=1S/C17H27N3O4S/c1-23-16(21)11-20-17(22)15(9-13-5-3-2-4-6-13)24-8-7-19-10-14(18)12-25/h2-6,14-15,19,25H,7-12,18H2,1H3,(H,20,22).